The number of halogens is 1. The molecule has 8 aromatic carbocycles. The summed E-state index contributed by atoms with van der Waals surface area (Å²) in [6.07, 6.45) is 17.2. The summed E-state index contributed by atoms with van der Waals surface area (Å²) in [4.78, 5) is 2.83. The molecular formula is C83H95ClLi2N3Si2+. The predicted octanol–water partition coefficient (Wildman–Crippen LogP) is 16.4. The van der Waals surface area contributed by atoms with E-state index in [1.807, 2.05) is 0 Å². The van der Waals surface area contributed by atoms with Gasteiger partial charge in [0.15, 0.2) is 7.38 Å². The summed E-state index contributed by atoms with van der Waals surface area (Å²) in [5.74, 6) is 4.44. The first kappa shape index (κ1) is 67.1. The van der Waals surface area contributed by atoms with Crippen LogP contribution in [0, 0.1) is 30.6 Å². The van der Waals surface area contributed by atoms with Crippen molar-refractivity contribution in [3.8, 4) is 44.5 Å². The SMILES string of the molecule is C.CN1C2CCCCC2C2C3CCCCC3CC21.C[Si](C)(Cl)C1c2ccccc2-c2ccccc21.Cn1c2c(c3ccccc31)-c1ccccc1C2.Cn1c2c(c3ccccc31)-c1ccccc1C2[Si](C)(C)C1c2ccccc2-c2ccccc21.[CH2-]CCC.[Li+].[Li+]. The largest absolute Gasteiger partial charge is 1.00 e. The molecule has 8 aliphatic rings. The molecule has 0 spiro atoms. The number of hydrogen-bond acceptors (Lipinski definition) is 1. The quantitative estimate of drug-likeness (QED) is 0.0972. The topological polar surface area (TPSA) is 13.1 Å². The summed E-state index contributed by atoms with van der Waals surface area (Å²) in [6, 6.07) is 73.1. The first-order chi connectivity index (χ1) is 42.8. The van der Waals surface area contributed by atoms with Crippen LogP contribution in [0.25, 0.3) is 66.3 Å². The minimum Gasteiger partial charge on any atom is -0.347 e. The number of benzene rings is 8. The van der Waals surface area contributed by atoms with Crippen molar-refractivity contribution in [3.05, 3.63) is 246 Å². The molecule has 0 radical (unpaired) electrons. The van der Waals surface area contributed by atoms with E-state index in [1.54, 1.807) is 25.7 Å². The zero-order valence-corrected chi connectivity index (χ0v) is 58.3. The molecule has 0 amide bonds. The summed E-state index contributed by atoms with van der Waals surface area (Å²) < 4.78 is 4.83. The first-order valence-corrected chi connectivity index (χ1v) is 40.9. The number of para-hydroxylation sites is 2. The average Bonchev–Trinajstić information content (AvgIpc) is 1.54. The summed E-state index contributed by atoms with van der Waals surface area (Å²) in [7, 11) is 3.19. The van der Waals surface area contributed by atoms with Crippen molar-refractivity contribution >= 4 is 48.3 Å². The van der Waals surface area contributed by atoms with Crippen molar-refractivity contribution in [2.75, 3.05) is 7.05 Å². The Morgan fingerprint density at radius 3 is 1.42 bits per heavy atom. The van der Waals surface area contributed by atoms with Crippen LogP contribution in [0.5, 0.6) is 0 Å². The van der Waals surface area contributed by atoms with Crippen LogP contribution in [0.2, 0.25) is 26.2 Å². The van der Waals surface area contributed by atoms with E-state index in [-0.39, 0.29) is 45.1 Å². The Labute approximate surface area is 576 Å². The standard InChI is InChI=1S/C31H27NSi.C16H27N.C16H13N.C15H15ClSi.C4H9.CH4.2Li/c1-32-27-19-11-10-18-26(27)28-22-14-6-9-17-25(22)31(29(28)32)33(2,3)30-23-15-7-4-12-20(23)21-13-5-8-16-24(21)30;2*1-17-14-9-5-4-8-13(14)16-12-7-3-2-6-11(12)10-15(16)17;1-17(2,16)15-13-9-5-3-7-11(13)12-8-4-6-10-14(12)15;1-3-4-2;;;/h4-19,30-31H,1-3H3;11-16H,2-10H2,1H3;2-9H,10H2,1H3;3-10,15H,1-2H3;1,3-4H2,2H3;1H4;;/q;;;;-1;;2*+1. The van der Waals surface area contributed by atoms with Gasteiger partial charge in [-0.05, 0) is 135 Å². The van der Waals surface area contributed by atoms with Crippen LogP contribution in [-0.4, -0.2) is 48.6 Å². The molecule has 7 atom stereocenters. The van der Waals surface area contributed by atoms with E-state index in [0.717, 1.165) is 48.6 Å². The molecule has 2 aromatic heterocycles. The summed E-state index contributed by atoms with van der Waals surface area (Å²) >= 11 is 6.73. The minimum absolute atomic E-state index is 0. The van der Waals surface area contributed by atoms with Gasteiger partial charge in [-0.3, -0.25) is 4.90 Å². The summed E-state index contributed by atoms with van der Waals surface area (Å²) in [6.45, 7) is 15.5. The van der Waals surface area contributed by atoms with Crippen molar-refractivity contribution in [1.29, 1.82) is 0 Å². The summed E-state index contributed by atoms with van der Waals surface area (Å²) in [5.41, 5.74) is 27.3. The molecule has 1 aliphatic heterocycles. The number of rotatable bonds is 4. The van der Waals surface area contributed by atoms with Crippen LogP contribution >= 0.6 is 11.1 Å². The van der Waals surface area contributed by atoms with Gasteiger partial charge in [-0.15, -0.1) is 0 Å². The maximum Gasteiger partial charge on any atom is 1.00 e. The number of unbranched alkanes of at least 4 members (excludes halogenated alkanes) is 1. The second kappa shape index (κ2) is 27.6. The molecule has 91 heavy (non-hydrogen) atoms. The Kier molecular flexibility index (Phi) is 20.4. The molecule has 1 saturated heterocycles. The molecule has 3 nitrogen and oxygen atoms in total. The maximum absolute atomic E-state index is 6.73. The fourth-order valence-electron chi connectivity index (χ4n) is 19.2. The molecule has 458 valence electrons. The number of nitrogens with zero attached hydrogens (tertiary/aromatic N) is 3. The maximum atomic E-state index is 6.73. The molecule has 3 heterocycles. The van der Waals surface area contributed by atoms with E-state index >= 15 is 0 Å². The monoisotopic (exact) mass is 1240 g/mol. The van der Waals surface area contributed by atoms with Crippen molar-refractivity contribution in [3.63, 3.8) is 0 Å². The Bertz CT molecular complexity index is 4120. The molecular weight excluding hydrogens is 1140 g/mol. The van der Waals surface area contributed by atoms with E-state index in [0.29, 0.717) is 16.6 Å². The van der Waals surface area contributed by atoms with Crippen LogP contribution < -0.4 is 37.7 Å². The molecule has 3 saturated carbocycles. The van der Waals surface area contributed by atoms with Gasteiger partial charge in [-0.25, -0.2) is 0 Å². The molecule has 7 aliphatic carbocycles. The molecule has 18 rings (SSSR count). The zero-order chi connectivity index (χ0) is 60.6. The van der Waals surface area contributed by atoms with Crippen molar-refractivity contribution < 1.29 is 37.7 Å². The average molecular weight is 1240 g/mol. The van der Waals surface area contributed by atoms with Gasteiger partial charge in [0.1, 0.15) is 0 Å². The number of aryl methyl sites for hydroxylation is 2. The number of likely N-dealkylation sites (tertiary alicyclic amines) is 1. The third-order valence-corrected chi connectivity index (χ3v) is 29.6. The van der Waals surface area contributed by atoms with Gasteiger partial charge in [0.2, 0.25) is 0 Å². The third-order valence-electron chi connectivity index (χ3n) is 22.8. The fourth-order valence-corrected chi connectivity index (χ4v) is 26.4. The second-order valence-electron chi connectivity index (χ2n) is 28.3. The van der Waals surface area contributed by atoms with Gasteiger partial charge in [-0.2, -0.15) is 17.5 Å². The van der Waals surface area contributed by atoms with Crippen molar-refractivity contribution in [2.24, 2.45) is 37.8 Å². The van der Waals surface area contributed by atoms with Crippen LogP contribution in [0.4, 0.5) is 0 Å². The Balaban J connectivity index is 0.000000127. The minimum atomic E-state index is -1.96. The van der Waals surface area contributed by atoms with Gasteiger partial charge in [0, 0.05) is 93.5 Å². The van der Waals surface area contributed by atoms with Crippen molar-refractivity contribution in [1.82, 2.24) is 14.0 Å². The van der Waals surface area contributed by atoms with Gasteiger partial charge < -0.3 is 16.1 Å². The Hall–Kier alpha value is -5.28. The predicted molar refractivity (Wildman–Crippen MR) is 387 cm³/mol. The molecule has 4 fully saturated rings. The zero-order valence-electron chi connectivity index (χ0n) is 55.6. The smallest absolute Gasteiger partial charge is 0.347 e. The number of aromatic nitrogens is 2. The van der Waals surface area contributed by atoms with E-state index in [4.69, 9.17) is 11.1 Å². The molecule has 0 N–H and O–H groups in total. The first-order valence-electron chi connectivity index (χ1n) is 33.7. The molecule has 0 bridgehead atoms. The van der Waals surface area contributed by atoms with Gasteiger partial charge in [0.25, 0.3) is 0 Å². The van der Waals surface area contributed by atoms with Crippen molar-refractivity contribution in [2.45, 2.75) is 146 Å². The van der Waals surface area contributed by atoms with Gasteiger partial charge in [-0.1, -0.05) is 261 Å². The molecule has 7 unspecified atom stereocenters. The summed E-state index contributed by atoms with van der Waals surface area (Å²) in [5, 5.41) is 2.77. The van der Waals surface area contributed by atoms with Crippen LogP contribution in [0.1, 0.15) is 146 Å². The number of hydrogen-bond donors (Lipinski definition) is 0. The van der Waals surface area contributed by atoms with Crippen LogP contribution in [-0.2, 0) is 20.5 Å². The van der Waals surface area contributed by atoms with E-state index in [1.165, 1.54) is 150 Å². The molecule has 8 heteroatoms. The van der Waals surface area contributed by atoms with E-state index < -0.39 is 15.5 Å². The molecule has 10 aromatic rings. The third kappa shape index (κ3) is 11.6. The Morgan fingerprint density at radius 1 is 0.462 bits per heavy atom. The Morgan fingerprint density at radius 2 is 0.879 bits per heavy atom. The van der Waals surface area contributed by atoms with Gasteiger partial charge >= 0.3 is 37.7 Å². The second-order valence-corrected chi connectivity index (χ2v) is 39.7. The fraction of sp³-hybridized carbons (Fsp3) is 0.361. The van der Waals surface area contributed by atoms with E-state index in [9.17, 15) is 0 Å². The van der Waals surface area contributed by atoms with Crippen LogP contribution in [0.15, 0.2) is 194 Å². The normalized spacial score (nSPS) is 21.5. The van der Waals surface area contributed by atoms with Crippen LogP contribution in [0.3, 0.4) is 0 Å². The number of fused-ring (bicyclic) bond motifs is 21. The van der Waals surface area contributed by atoms with Gasteiger partial charge in [0.05, 0.1) is 8.07 Å². The van der Waals surface area contributed by atoms with E-state index in [2.05, 4.69) is 269 Å².